The minimum atomic E-state index is -0.0375. The van der Waals surface area contributed by atoms with Gasteiger partial charge in [0.2, 0.25) is 5.91 Å². The van der Waals surface area contributed by atoms with Crippen LogP contribution in [0.1, 0.15) is 30.0 Å². The summed E-state index contributed by atoms with van der Waals surface area (Å²) in [7, 11) is 1.77. The molecule has 8 heteroatoms. The second-order valence-electron chi connectivity index (χ2n) is 7.16. The van der Waals surface area contributed by atoms with E-state index >= 15 is 0 Å². The summed E-state index contributed by atoms with van der Waals surface area (Å²) in [5.74, 6) is 0.998. The molecule has 2 amide bonds. The van der Waals surface area contributed by atoms with Crippen LogP contribution in [0.25, 0.3) is 11.5 Å². The van der Waals surface area contributed by atoms with Gasteiger partial charge in [0, 0.05) is 50.1 Å². The van der Waals surface area contributed by atoms with Crippen molar-refractivity contribution >= 4 is 11.8 Å². The molecule has 0 bridgehead atoms. The number of nitrogens with zero attached hydrogens (tertiary/aromatic N) is 4. The van der Waals surface area contributed by atoms with Crippen molar-refractivity contribution in [3.63, 3.8) is 0 Å². The smallest absolute Gasteiger partial charge is 0.257 e. The average molecular weight is 386 g/mol. The van der Waals surface area contributed by atoms with Crippen molar-refractivity contribution in [3.8, 4) is 11.5 Å². The van der Waals surface area contributed by atoms with Crippen molar-refractivity contribution in [2.45, 2.75) is 20.3 Å². The Morgan fingerprint density at radius 3 is 2.50 bits per heavy atom. The Bertz CT molecular complexity index is 810. The summed E-state index contributed by atoms with van der Waals surface area (Å²) in [6, 6.07) is 7.15. The SMILES string of the molecule is CC(C)C(=O)N(C)CCc1noc(-c2ccc(C(=O)N3CCOCC3)cc2)n1. The molecule has 8 nitrogen and oxygen atoms in total. The van der Waals surface area contributed by atoms with Crippen LogP contribution in [-0.2, 0) is 16.0 Å². The lowest BCUT2D eigenvalue weighted by atomic mass is 10.1. The highest BCUT2D eigenvalue weighted by Gasteiger charge is 2.19. The van der Waals surface area contributed by atoms with E-state index in [0.717, 1.165) is 5.56 Å². The highest BCUT2D eigenvalue weighted by Crippen LogP contribution is 2.19. The fourth-order valence-electron chi connectivity index (χ4n) is 3.00. The first kappa shape index (κ1) is 20.0. The number of ether oxygens (including phenoxy) is 1. The maximum Gasteiger partial charge on any atom is 0.257 e. The Morgan fingerprint density at radius 2 is 1.86 bits per heavy atom. The molecule has 0 aliphatic carbocycles. The summed E-state index contributed by atoms with van der Waals surface area (Å²) < 4.78 is 10.6. The second kappa shape index (κ2) is 8.97. The van der Waals surface area contributed by atoms with Gasteiger partial charge >= 0.3 is 0 Å². The van der Waals surface area contributed by atoms with Gasteiger partial charge in [-0.15, -0.1) is 0 Å². The highest BCUT2D eigenvalue weighted by atomic mass is 16.5. The Morgan fingerprint density at radius 1 is 1.18 bits per heavy atom. The number of carbonyl (C=O) groups excluding carboxylic acids is 2. The highest BCUT2D eigenvalue weighted by molar-refractivity contribution is 5.94. The first-order valence-electron chi connectivity index (χ1n) is 9.50. The predicted molar refractivity (Wildman–Crippen MR) is 103 cm³/mol. The summed E-state index contributed by atoms with van der Waals surface area (Å²) in [4.78, 5) is 32.3. The van der Waals surface area contributed by atoms with E-state index in [1.54, 1.807) is 41.1 Å². The molecular weight excluding hydrogens is 360 g/mol. The van der Waals surface area contributed by atoms with E-state index in [4.69, 9.17) is 9.26 Å². The predicted octanol–water partition coefficient (Wildman–Crippen LogP) is 1.87. The van der Waals surface area contributed by atoms with Gasteiger partial charge in [0.1, 0.15) is 0 Å². The number of amides is 2. The average Bonchev–Trinajstić information content (AvgIpc) is 3.20. The van der Waals surface area contributed by atoms with E-state index in [1.165, 1.54) is 0 Å². The fourth-order valence-corrected chi connectivity index (χ4v) is 3.00. The number of aromatic nitrogens is 2. The molecule has 0 radical (unpaired) electrons. The molecule has 3 rings (SSSR count). The monoisotopic (exact) mass is 386 g/mol. The van der Waals surface area contributed by atoms with Crippen molar-refractivity contribution in [1.29, 1.82) is 0 Å². The largest absolute Gasteiger partial charge is 0.378 e. The third-order valence-corrected chi connectivity index (χ3v) is 4.69. The molecule has 1 aliphatic rings. The van der Waals surface area contributed by atoms with Crippen LogP contribution in [0, 0.1) is 5.92 Å². The van der Waals surface area contributed by atoms with Crippen LogP contribution < -0.4 is 0 Å². The van der Waals surface area contributed by atoms with Crippen molar-refractivity contribution in [2.24, 2.45) is 5.92 Å². The Balaban J connectivity index is 1.60. The number of benzene rings is 1. The zero-order valence-corrected chi connectivity index (χ0v) is 16.6. The van der Waals surface area contributed by atoms with Gasteiger partial charge in [-0.1, -0.05) is 19.0 Å². The molecule has 0 unspecified atom stereocenters. The van der Waals surface area contributed by atoms with Gasteiger partial charge in [-0.05, 0) is 24.3 Å². The molecule has 0 saturated carbocycles. The summed E-state index contributed by atoms with van der Waals surface area (Å²) in [5, 5.41) is 3.99. The Hall–Kier alpha value is -2.74. The molecule has 2 heterocycles. The lowest BCUT2D eigenvalue weighted by molar-refractivity contribution is -0.133. The van der Waals surface area contributed by atoms with Crippen molar-refractivity contribution in [2.75, 3.05) is 39.9 Å². The summed E-state index contributed by atoms with van der Waals surface area (Å²) in [6.07, 6.45) is 0.520. The molecule has 0 atom stereocenters. The van der Waals surface area contributed by atoms with Crippen molar-refractivity contribution in [3.05, 3.63) is 35.7 Å². The van der Waals surface area contributed by atoms with E-state index < -0.39 is 0 Å². The van der Waals surface area contributed by atoms with Crippen molar-refractivity contribution < 1.29 is 18.8 Å². The lowest BCUT2D eigenvalue weighted by Gasteiger charge is -2.26. The van der Waals surface area contributed by atoms with E-state index in [2.05, 4.69) is 10.1 Å². The van der Waals surface area contributed by atoms with Gasteiger partial charge in [0.25, 0.3) is 11.8 Å². The third kappa shape index (κ3) is 4.75. The second-order valence-corrected chi connectivity index (χ2v) is 7.16. The zero-order chi connectivity index (χ0) is 20.1. The van der Waals surface area contributed by atoms with Crippen LogP contribution in [0.15, 0.2) is 28.8 Å². The Kier molecular flexibility index (Phi) is 6.41. The number of rotatable bonds is 6. The minimum Gasteiger partial charge on any atom is -0.378 e. The standard InChI is InChI=1S/C20H26N4O4/c1-14(2)19(25)23(3)9-8-17-21-18(28-22-17)15-4-6-16(7-5-15)20(26)24-10-12-27-13-11-24/h4-7,14H,8-13H2,1-3H3. The van der Waals surface area contributed by atoms with E-state index in [1.807, 2.05) is 13.8 Å². The summed E-state index contributed by atoms with van der Waals surface area (Å²) in [6.45, 7) is 6.66. The van der Waals surface area contributed by atoms with E-state index in [0.29, 0.717) is 56.5 Å². The number of likely N-dealkylation sites (N-methyl/N-ethyl adjacent to an activating group) is 1. The maximum absolute atomic E-state index is 12.5. The molecule has 28 heavy (non-hydrogen) atoms. The first-order valence-corrected chi connectivity index (χ1v) is 9.50. The molecule has 0 N–H and O–H groups in total. The molecule has 1 aromatic heterocycles. The normalized spacial score (nSPS) is 14.4. The molecule has 1 aliphatic heterocycles. The minimum absolute atomic E-state index is 0.000995. The van der Waals surface area contributed by atoms with E-state index in [9.17, 15) is 9.59 Å². The molecule has 150 valence electrons. The molecule has 1 aromatic carbocycles. The van der Waals surface area contributed by atoms with Crippen LogP contribution in [0.3, 0.4) is 0 Å². The number of carbonyl (C=O) groups is 2. The summed E-state index contributed by atoms with van der Waals surface area (Å²) in [5.41, 5.74) is 1.38. The quantitative estimate of drug-likeness (QED) is 0.753. The van der Waals surface area contributed by atoms with Crippen molar-refractivity contribution in [1.82, 2.24) is 19.9 Å². The summed E-state index contributed by atoms with van der Waals surface area (Å²) >= 11 is 0. The number of hydrogen-bond donors (Lipinski definition) is 0. The van der Waals surface area contributed by atoms with Crippen LogP contribution in [0.2, 0.25) is 0 Å². The molecule has 2 aromatic rings. The molecule has 1 fully saturated rings. The lowest BCUT2D eigenvalue weighted by Crippen LogP contribution is -2.40. The van der Waals surface area contributed by atoms with Gasteiger partial charge in [-0.25, -0.2) is 0 Å². The van der Waals surface area contributed by atoms with Crippen LogP contribution >= 0.6 is 0 Å². The number of morpholine rings is 1. The topological polar surface area (TPSA) is 88.8 Å². The van der Waals surface area contributed by atoms with Gasteiger partial charge in [0.05, 0.1) is 13.2 Å². The first-order chi connectivity index (χ1) is 13.5. The van der Waals surface area contributed by atoms with Gasteiger partial charge in [0.15, 0.2) is 5.82 Å². The van der Waals surface area contributed by atoms with Crippen LogP contribution in [-0.4, -0.2) is 71.7 Å². The molecular formula is C20H26N4O4. The Labute approximate surface area is 164 Å². The van der Waals surface area contributed by atoms with Crippen LogP contribution in [0.5, 0.6) is 0 Å². The molecule has 0 spiro atoms. The third-order valence-electron chi connectivity index (χ3n) is 4.69. The van der Waals surface area contributed by atoms with Crippen LogP contribution in [0.4, 0.5) is 0 Å². The van der Waals surface area contributed by atoms with Gasteiger partial charge < -0.3 is 19.1 Å². The van der Waals surface area contributed by atoms with Gasteiger partial charge in [-0.3, -0.25) is 9.59 Å². The number of hydrogen-bond acceptors (Lipinski definition) is 6. The molecule has 1 saturated heterocycles. The van der Waals surface area contributed by atoms with E-state index in [-0.39, 0.29) is 17.7 Å². The zero-order valence-electron chi connectivity index (χ0n) is 16.6. The fraction of sp³-hybridized carbons (Fsp3) is 0.500. The maximum atomic E-state index is 12.5. The van der Waals surface area contributed by atoms with Gasteiger partial charge in [-0.2, -0.15) is 4.98 Å².